The number of nitro groups is 1. The first kappa shape index (κ1) is 6.97. The third kappa shape index (κ3) is 1.18. The summed E-state index contributed by atoms with van der Waals surface area (Å²) in [4.78, 5) is 13.9. The van der Waals surface area contributed by atoms with Gasteiger partial charge in [-0.15, -0.1) is 0 Å². The number of aliphatic imine (C=N–C) groups is 1. The predicted molar refractivity (Wildman–Crippen MR) is 44.5 cm³/mol. The molecule has 0 amide bonds. The van der Waals surface area contributed by atoms with Gasteiger partial charge in [0.25, 0.3) is 5.69 Å². The standard InChI is InChI=1S/C8H6N2O2/c11-10(12)7-3-1-6(2-4-7)8-5-9-8/h1-4H,5H2. The average molecular weight is 162 g/mol. The fraction of sp³-hybridized carbons (Fsp3) is 0.125. The Labute approximate surface area is 68.7 Å². The Morgan fingerprint density at radius 3 is 2.33 bits per heavy atom. The molecule has 0 bridgehead atoms. The number of nitrogens with zero attached hydrogens (tertiary/aromatic N) is 2. The molecule has 1 heterocycles. The number of non-ortho nitro benzene ring substituents is 1. The minimum absolute atomic E-state index is 0.125. The van der Waals surface area contributed by atoms with Crippen LogP contribution in [0.15, 0.2) is 29.3 Å². The Bertz CT molecular complexity index is 333. The second-order valence-electron chi connectivity index (χ2n) is 2.57. The van der Waals surface area contributed by atoms with Crippen molar-refractivity contribution in [3.63, 3.8) is 0 Å². The predicted octanol–water partition coefficient (Wildman–Crippen LogP) is 1.40. The SMILES string of the molecule is O=[N+]([O-])c1ccc(C2=NC2)cc1. The van der Waals surface area contributed by atoms with E-state index in [0.717, 1.165) is 17.8 Å². The third-order valence-corrected chi connectivity index (χ3v) is 1.73. The molecule has 0 unspecified atom stereocenters. The number of benzene rings is 1. The van der Waals surface area contributed by atoms with Gasteiger partial charge >= 0.3 is 0 Å². The van der Waals surface area contributed by atoms with Crippen LogP contribution in [0.5, 0.6) is 0 Å². The third-order valence-electron chi connectivity index (χ3n) is 1.73. The maximum atomic E-state index is 10.3. The summed E-state index contributed by atoms with van der Waals surface area (Å²) in [5.74, 6) is 0. The van der Waals surface area contributed by atoms with Crippen LogP contribution in [0.2, 0.25) is 0 Å². The highest BCUT2D eigenvalue weighted by Crippen LogP contribution is 2.15. The molecule has 0 atom stereocenters. The van der Waals surface area contributed by atoms with Gasteiger partial charge in [-0.1, -0.05) is 0 Å². The lowest BCUT2D eigenvalue weighted by Gasteiger charge is -1.91. The van der Waals surface area contributed by atoms with E-state index in [0.29, 0.717) is 0 Å². The lowest BCUT2D eigenvalue weighted by atomic mass is 10.1. The van der Waals surface area contributed by atoms with Gasteiger partial charge in [0.15, 0.2) is 0 Å². The summed E-state index contributed by atoms with van der Waals surface area (Å²) in [5.41, 5.74) is 2.14. The van der Waals surface area contributed by atoms with Crippen molar-refractivity contribution < 1.29 is 4.92 Å². The van der Waals surface area contributed by atoms with E-state index in [1.54, 1.807) is 12.1 Å². The summed E-state index contributed by atoms with van der Waals surface area (Å²) in [6.45, 7) is 0.776. The van der Waals surface area contributed by atoms with Crippen LogP contribution in [0.3, 0.4) is 0 Å². The van der Waals surface area contributed by atoms with Gasteiger partial charge in [-0.2, -0.15) is 0 Å². The topological polar surface area (TPSA) is 55.5 Å². The van der Waals surface area contributed by atoms with E-state index in [4.69, 9.17) is 0 Å². The minimum Gasteiger partial charge on any atom is -0.281 e. The van der Waals surface area contributed by atoms with Crippen molar-refractivity contribution in [3.8, 4) is 0 Å². The molecule has 0 saturated heterocycles. The van der Waals surface area contributed by atoms with Crippen LogP contribution in [0.1, 0.15) is 5.56 Å². The van der Waals surface area contributed by atoms with Crippen LogP contribution in [0, 0.1) is 10.1 Å². The molecule has 2 rings (SSSR count). The Morgan fingerprint density at radius 2 is 1.92 bits per heavy atom. The quantitative estimate of drug-likeness (QED) is 0.487. The molecule has 0 spiro atoms. The highest BCUT2D eigenvalue weighted by atomic mass is 16.6. The molecular weight excluding hydrogens is 156 g/mol. The summed E-state index contributed by atoms with van der Waals surface area (Å²) in [6.07, 6.45) is 0. The lowest BCUT2D eigenvalue weighted by Crippen LogP contribution is -1.90. The zero-order valence-electron chi connectivity index (χ0n) is 6.23. The van der Waals surface area contributed by atoms with Gasteiger partial charge in [-0.05, 0) is 17.7 Å². The number of hydrogen-bond acceptors (Lipinski definition) is 3. The highest BCUT2D eigenvalue weighted by Gasteiger charge is 2.13. The maximum Gasteiger partial charge on any atom is 0.269 e. The van der Waals surface area contributed by atoms with Crippen LogP contribution >= 0.6 is 0 Å². The monoisotopic (exact) mass is 162 g/mol. The second kappa shape index (κ2) is 2.41. The van der Waals surface area contributed by atoms with Crippen LogP contribution in [-0.4, -0.2) is 17.2 Å². The fourth-order valence-electron chi connectivity index (χ4n) is 0.998. The molecule has 1 aromatic carbocycles. The van der Waals surface area contributed by atoms with Crippen molar-refractivity contribution in [3.05, 3.63) is 39.9 Å². The molecule has 0 fully saturated rings. The van der Waals surface area contributed by atoms with Gasteiger partial charge in [0.2, 0.25) is 0 Å². The van der Waals surface area contributed by atoms with E-state index >= 15 is 0 Å². The first-order valence-corrected chi connectivity index (χ1v) is 3.55. The van der Waals surface area contributed by atoms with E-state index in [1.807, 2.05) is 0 Å². The summed E-state index contributed by atoms with van der Waals surface area (Å²) in [6, 6.07) is 6.44. The van der Waals surface area contributed by atoms with E-state index in [2.05, 4.69) is 4.99 Å². The number of nitro benzene ring substituents is 1. The minimum atomic E-state index is -0.404. The highest BCUT2D eigenvalue weighted by molar-refractivity contribution is 6.10. The molecule has 0 aromatic heterocycles. The molecule has 0 aliphatic carbocycles. The number of rotatable bonds is 2. The van der Waals surface area contributed by atoms with Gasteiger partial charge in [-0.3, -0.25) is 15.1 Å². The molecule has 4 nitrogen and oxygen atoms in total. The van der Waals surface area contributed by atoms with Crippen molar-refractivity contribution >= 4 is 11.4 Å². The summed E-state index contributed by atoms with van der Waals surface area (Å²) < 4.78 is 0. The van der Waals surface area contributed by atoms with E-state index in [9.17, 15) is 10.1 Å². The molecule has 60 valence electrons. The fourth-order valence-corrected chi connectivity index (χ4v) is 0.998. The Morgan fingerprint density at radius 1 is 1.33 bits per heavy atom. The van der Waals surface area contributed by atoms with Crippen molar-refractivity contribution in [1.29, 1.82) is 0 Å². The smallest absolute Gasteiger partial charge is 0.269 e. The zero-order valence-corrected chi connectivity index (χ0v) is 6.23. The summed E-state index contributed by atoms with van der Waals surface area (Å²) in [7, 11) is 0. The van der Waals surface area contributed by atoms with Gasteiger partial charge in [0, 0.05) is 12.1 Å². The van der Waals surface area contributed by atoms with Crippen LogP contribution in [0.4, 0.5) is 5.69 Å². The van der Waals surface area contributed by atoms with Crippen LogP contribution < -0.4 is 0 Å². The number of hydrogen-bond donors (Lipinski definition) is 0. The van der Waals surface area contributed by atoms with Gasteiger partial charge in [0.1, 0.15) is 0 Å². The van der Waals surface area contributed by atoms with E-state index < -0.39 is 4.92 Å². The van der Waals surface area contributed by atoms with Crippen molar-refractivity contribution in [1.82, 2.24) is 0 Å². The molecule has 4 heteroatoms. The average Bonchev–Trinajstić information content (AvgIpc) is 2.87. The normalized spacial score (nSPS) is 13.8. The molecule has 0 saturated carbocycles. The molecule has 1 aliphatic heterocycles. The molecule has 0 radical (unpaired) electrons. The maximum absolute atomic E-state index is 10.3. The first-order chi connectivity index (χ1) is 5.77. The Kier molecular flexibility index (Phi) is 1.40. The summed E-state index contributed by atoms with van der Waals surface area (Å²) in [5, 5.41) is 10.3. The van der Waals surface area contributed by atoms with Crippen molar-refractivity contribution in [2.24, 2.45) is 4.99 Å². The second-order valence-corrected chi connectivity index (χ2v) is 2.57. The van der Waals surface area contributed by atoms with Gasteiger partial charge < -0.3 is 0 Å². The largest absolute Gasteiger partial charge is 0.281 e. The Balaban J connectivity index is 2.30. The molecule has 12 heavy (non-hydrogen) atoms. The van der Waals surface area contributed by atoms with Gasteiger partial charge in [-0.25, -0.2) is 0 Å². The molecular formula is C8H6N2O2. The first-order valence-electron chi connectivity index (χ1n) is 3.55. The van der Waals surface area contributed by atoms with E-state index in [1.165, 1.54) is 12.1 Å². The Hall–Kier alpha value is -1.71. The van der Waals surface area contributed by atoms with Crippen LogP contribution in [0.25, 0.3) is 0 Å². The lowest BCUT2D eigenvalue weighted by molar-refractivity contribution is -0.384. The van der Waals surface area contributed by atoms with Crippen molar-refractivity contribution in [2.45, 2.75) is 0 Å². The van der Waals surface area contributed by atoms with E-state index in [-0.39, 0.29) is 5.69 Å². The molecule has 0 N–H and O–H groups in total. The zero-order chi connectivity index (χ0) is 8.55. The summed E-state index contributed by atoms with van der Waals surface area (Å²) >= 11 is 0. The molecule has 1 aromatic rings. The van der Waals surface area contributed by atoms with Crippen molar-refractivity contribution in [2.75, 3.05) is 6.54 Å². The molecule has 1 aliphatic rings. The van der Waals surface area contributed by atoms with Crippen LogP contribution in [-0.2, 0) is 0 Å². The van der Waals surface area contributed by atoms with Gasteiger partial charge in [0.05, 0.1) is 17.2 Å².